The lowest BCUT2D eigenvalue weighted by molar-refractivity contribution is 0.0912. The van der Waals surface area contributed by atoms with Gasteiger partial charge >= 0.3 is 0 Å². The van der Waals surface area contributed by atoms with Gasteiger partial charge in [0.1, 0.15) is 0 Å². The highest BCUT2D eigenvalue weighted by atomic mass is 32.2. The van der Waals surface area contributed by atoms with Gasteiger partial charge in [0, 0.05) is 24.7 Å². The maximum Gasteiger partial charge on any atom is 0.251 e. The first-order valence-corrected chi connectivity index (χ1v) is 11.0. The van der Waals surface area contributed by atoms with Gasteiger partial charge in [0.2, 0.25) is 0 Å². The van der Waals surface area contributed by atoms with Crippen LogP contribution in [0, 0.1) is 0 Å². The van der Waals surface area contributed by atoms with Crippen molar-refractivity contribution in [1.82, 2.24) is 10.2 Å². The van der Waals surface area contributed by atoms with Crippen LogP contribution in [0.3, 0.4) is 0 Å². The standard InChI is InChI=1S/C21H26N2O3S/c1-2-23-14-12-19(13-15-23)22-21(24)18-10-8-17(9-11-18)16-27(25,26)20-6-4-3-5-7-20/h3-11,19H,2,12-16H2,1H3,(H,22,24). The Hall–Kier alpha value is -2.18. The Bertz CT molecular complexity index is 856. The summed E-state index contributed by atoms with van der Waals surface area (Å²) in [5.41, 5.74) is 1.24. The van der Waals surface area contributed by atoms with Crippen molar-refractivity contribution in [2.75, 3.05) is 19.6 Å². The normalized spacial score (nSPS) is 16.2. The third-order valence-corrected chi connectivity index (χ3v) is 6.75. The molecular weight excluding hydrogens is 360 g/mol. The van der Waals surface area contributed by atoms with Gasteiger partial charge in [-0.15, -0.1) is 0 Å². The zero-order valence-electron chi connectivity index (χ0n) is 15.6. The Morgan fingerprint density at radius 1 is 1.04 bits per heavy atom. The van der Waals surface area contributed by atoms with Crippen LogP contribution in [-0.4, -0.2) is 44.9 Å². The quantitative estimate of drug-likeness (QED) is 0.829. The number of carbonyl (C=O) groups excluding carboxylic acids is 1. The first-order chi connectivity index (χ1) is 13.0. The molecule has 1 fully saturated rings. The van der Waals surface area contributed by atoms with Gasteiger partial charge in [-0.2, -0.15) is 0 Å². The molecule has 0 radical (unpaired) electrons. The summed E-state index contributed by atoms with van der Waals surface area (Å²) in [6.07, 6.45) is 1.93. The van der Waals surface area contributed by atoms with Crippen LogP contribution in [0.1, 0.15) is 35.7 Å². The number of rotatable bonds is 6. The van der Waals surface area contributed by atoms with Gasteiger partial charge in [-0.05, 0) is 49.2 Å². The summed E-state index contributed by atoms with van der Waals surface area (Å²) in [7, 11) is -3.38. The molecule has 6 heteroatoms. The van der Waals surface area contributed by atoms with Gasteiger partial charge in [-0.25, -0.2) is 8.42 Å². The summed E-state index contributed by atoms with van der Waals surface area (Å²) < 4.78 is 24.9. The summed E-state index contributed by atoms with van der Waals surface area (Å²) in [6, 6.07) is 15.5. The lowest BCUT2D eigenvalue weighted by Gasteiger charge is -2.31. The molecule has 2 aromatic rings. The van der Waals surface area contributed by atoms with E-state index in [1.54, 1.807) is 54.6 Å². The van der Waals surface area contributed by atoms with E-state index in [0.29, 0.717) is 16.0 Å². The Morgan fingerprint density at radius 2 is 1.67 bits per heavy atom. The first-order valence-electron chi connectivity index (χ1n) is 9.38. The summed E-state index contributed by atoms with van der Waals surface area (Å²) in [4.78, 5) is 15.1. The van der Waals surface area contributed by atoms with Crippen LogP contribution in [0.4, 0.5) is 0 Å². The van der Waals surface area contributed by atoms with Crippen LogP contribution in [0.5, 0.6) is 0 Å². The van der Waals surface area contributed by atoms with Crippen molar-refractivity contribution in [1.29, 1.82) is 0 Å². The number of hydrogen-bond donors (Lipinski definition) is 1. The SMILES string of the molecule is CCN1CCC(NC(=O)c2ccc(CS(=O)(=O)c3ccccc3)cc2)CC1. The Labute approximate surface area is 161 Å². The summed E-state index contributed by atoms with van der Waals surface area (Å²) in [5.74, 6) is -0.170. The number of nitrogens with zero attached hydrogens (tertiary/aromatic N) is 1. The monoisotopic (exact) mass is 386 g/mol. The van der Waals surface area contributed by atoms with Gasteiger partial charge in [0.25, 0.3) is 5.91 Å². The zero-order valence-corrected chi connectivity index (χ0v) is 16.4. The Balaban J connectivity index is 1.59. The fourth-order valence-corrected chi connectivity index (χ4v) is 4.71. The largest absolute Gasteiger partial charge is 0.349 e. The van der Waals surface area contributed by atoms with Crippen molar-refractivity contribution in [3.63, 3.8) is 0 Å². The highest BCUT2D eigenvalue weighted by Crippen LogP contribution is 2.17. The smallest absolute Gasteiger partial charge is 0.251 e. The van der Waals surface area contributed by atoms with Crippen LogP contribution in [-0.2, 0) is 15.6 Å². The molecule has 0 spiro atoms. The van der Waals surface area contributed by atoms with Gasteiger partial charge in [0.05, 0.1) is 10.6 Å². The van der Waals surface area contributed by atoms with Crippen LogP contribution < -0.4 is 5.32 Å². The number of likely N-dealkylation sites (tertiary alicyclic amines) is 1. The van der Waals surface area contributed by atoms with E-state index in [0.717, 1.165) is 32.5 Å². The highest BCUT2D eigenvalue weighted by molar-refractivity contribution is 7.90. The molecule has 1 heterocycles. The van der Waals surface area contributed by atoms with E-state index >= 15 is 0 Å². The maximum atomic E-state index is 12.5. The van der Waals surface area contributed by atoms with E-state index in [9.17, 15) is 13.2 Å². The van der Waals surface area contributed by atoms with Gasteiger partial charge in [-0.1, -0.05) is 37.3 Å². The average Bonchev–Trinajstić information content (AvgIpc) is 2.69. The molecule has 5 nitrogen and oxygen atoms in total. The minimum Gasteiger partial charge on any atom is -0.349 e. The lowest BCUT2D eigenvalue weighted by atomic mass is 10.0. The molecule has 2 aromatic carbocycles. The van der Waals surface area contributed by atoms with Gasteiger partial charge in [0.15, 0.2) is 9.84 Å². The van der Waals surface area contributed by atoms with Crippen molar-refractivity contribution in [3.8, 4) is 0 Å². The minimum absolute atomic E-state index is 0.0750. The van der Waals surface area contributed by atoms with Crippen molar-refractivity contribution in [3.05, 3.63) is 65.7 Å². The fraction of sp³-hybridized carbons (Fsp3) is 0.381. The van der Waals surface area contributed by atoms with E-state index < -0.39 is 9.84 Å². The molecule has 0 aromatic heterocycles. The number of hydrogen-bond acceptors (Lipinski definition) is 4. The van der Waals surface area contributed by atoms with Crippen LogP contribution in [0.2, 0.25) is 0 Å². The maximum absolute atomic E-state index is 12.5. The molecule has 1 amide bonds. The third-order valence-electron chi connectivity index (χ3n) is 5.05. The van der Waals surface area contributed by atoms with E-state index in [2.05, 4.69) is 17.1 Å². The van der Waals surface area contributed by atoms with Crippen molar-refractivity contribution >= 4 is 15.7 Å². The fourth-order valence-electron chi connectivity index (χ4n) is 3.35. The second-order valence-electron chi connectivity index (χ2n) is 6.95. The number of amides is 1. The number of carbonyl (C=O) groups is 1. The third kappa shape index (κ3) is 5.17. The Morgan fingerprint density at radius 3 is 2.26 bits per heavy atom. The molecule has 0 bridgehead atoms. The zero-order chi connectivity index (χ0) is 19.3. The van der Waals surface area contributed by atoms with Crippen LogP contribution >= 0.6 is 0 Å². The van der Waals surface area contributed by atoms with E-state index in [-0.39, 0.29) is 17.7 Å². The van der Waals surface area contributed by atoms with E-state index in [4.69, 9.17) is 0 Å². The second-order valence-corrected chi connectivity index (χ2v) is 8.94. The van der Waals surface area contributed by atoms with Crippen molar-refractivity contribution < 1.29 is 13.2 Å². The van der Waals surface area contributed by atoms with Gasteiger partial charge < -0.3 is 10.2 Å². The first kappa shape index (κ1) is 19.6. The molecule has 0 aliphatic carbocycles. The number of sulfone groups is 1. The molecule has 0 atom stereocenters. The average molecular weight is 387 g/mol. The van der Waals surface area contributed by atoms with Crippen molar-refractivity contribution in [2.45, 2.75) is 36.5 Å². The number of piperidine rings is 1. The summed E-state index contributed by atoms with van der Waals surface area (Å²) in [5, 5.41) is 3.09. The Kier molecular flexibility index (Phi) is 6.29. The lowest BCUT2D eigenvalue weighted by Crippen LogP contribution is -2.44. The van der Waals surface area contributed by atoms with E-state index in [1.807, 2.05) is 0 Å². The topological polar surface area (TPSA) is 66.5 Å². The minimum atomic E-state index is -3.38. The summed E-state index contributed by atoms with van der Waals surface area (Å²) in [6.45, 7) is 5.22. The molecule has 144 valence electrons. The van der Waals surface area contributed by atoms with E-state index in [1.165, 1.54) is 0 Å². The van der Waals surface area contributed by atoms with Crippen LogP contribution in [0.15, 0.2) is 59.5 Å². The molecule has 1 aliphatic heterocycles. The molecule has 3 rings (SSSR count). The molecule has 27 heavy (non-hydrogen) atoms. The number of benzene rings is 2. The molecule has 0 saturated carbocycles. The second kappa shape index (κ2) is 8.67. The number of nitrogens with one attached hydrogen (secondary N) is 1. The highest BCUT2D eigenvalue weighted by Gasteiger charge is 2.20. The molecule has 1 aliphatic rings. The molecule has 0 unspecified atom stereocenters. The molecule has 1 saturated heterocycles. The molecular formula is C21H26N2O3S. The van der Waals surface area contributed by atoms with Crippen LogP contribution in [0.25, 0.3) is 0 Å². The van der Waals surface area contributed by atoms with Gasteiger partial charge in [-0.3, -0.25) is 4.79 Å². The molecule has 1 N–H and O–H groups in total. The summed E-state index contributed by atoms with van der Waals surface area (Å²) >= 11 is 0. The predicted molar refractivity (Wildman–Crippen MR) is 106 cm³/mol. The van der Waals surface area contributed by atoms with Crippen molar-refractivity contribution in [2.24, 2.45) is 0 Å². The predicted octanol–water partition coefficient (Wildman–Crippen LogP) is 2.87.